The minimum atomic E-state index is -0.656. The maximum Gasteiger partial charge on any atom is 0.246 e. The molecule has 5 heteroatoms. The molecule has 0 saturated heterocycles. The van der Waals surface area contributed by atoms with Crippen LogP contribution in [0.15, 0.2) is 21.6 Å². The molecule has 0 bridgehead atoms. The first kappa shape index (κ1) is 13.7. The quantitative estimate of drug-likeness (QED) is 0.603. The molecular formula is C15H16BrNO3. The summed E-state index contributed by atoms with van der Waals surface area (Å²) < 4.78 is 12.4. The van der Waals surface area contributed by atoms with Crippen LogP contribution in [0.3, 0.4) is 0 Å². The number of rotatable bonds is 2. The number of ether oxygens (including phenoxy) is 2. The zero-order valence-electron chi connectivity index (χ0n) is 11.5. The Labute approximate surface area is 126 Å². The lowest BCUT2D eigenvalue weighted by Gasteiger charge is -2.24. The summed E-state index contributed by atoms with van der Waals surface area (Å²) in [6.45, 7) is 3.74. The lowest BCUT2D eigenvalue weighted by molar-refractivity contribution is -0.0431. The van der Waals surface area contributed by atoms with E-state index in [1.54, 1.807) is 6.08 Å². The van der Waals surface area contributed by atoms with Gasteiger partial charge in [0.05, 0.1) is 5.54 Å². The normalized spacial score (nSPS) is 21.6. The van der Waals surface area contributed by atoms with Crippen LogP contribution in [0.1, 0.15) is 45.1 Å². The number of hydrogen-bond donors (Lipinski definition) is 0. The standard InChI is InChI=1S/C15H16BrNO3/c1-14(2)19-12-7-10(11(16)8-13(12)20-14)15(17-9-18)5-3-4-6-15/h7-8H,3-6H2,1-2H3. The van der Waals surface area contributed by atoms with Crippen molar-refractivity contribution in [2.24, 2.45) is 4.99 Å². The fraction of sp³-hybridized carbons (Fsp3) is 0.533. The molecule has 1 aliphatic heterocycles. The fourth-order valence-electron chi connectivity index (χ4n) is 3.09. The Morgan fingerprint density at radius 1 is 1.20 bits per heavy atom. The van der Waals surface area contributed by atoms with Crippen LogP contribution in [0, 0.1) is 0 Å². The van der Waals surface area contributed by atoms with Crippen LogP contribution in [0.2, 0.25) is 0 Å². The van der Waals surface area contributed by atoms with Crippen LogP contribution < -0.4 is 9.47 Å². The van der Waals surface area contributed by atoms with E-state index in [4.69, 9.17) is 9.47 Å². The molecule has 20 heavy (non-hydrogen) atoms. The van der Waals surface area contributed by atoms with Crippen molar-refractivity contribution >= 4 is 22.0 Å². The van der Waals surface area contributed by atoms with Gasteiger partial charge < -0.3 is 9.47 Å². The Kier molecular flexibility index (Phi) is 3.14. The third kappa shape index (κ3) is 2.15. The van der Waals surface area contributed by atoms with Gasteiger partial charge in [0.15, 0.2) is 11.5 Å². The lowest BCUT2D eigenvalue weighted by Crippen LogP contribution is -2.29. The minimum Gasteiger partial charge on any atom is -0.449 e. The van der Waals surface area contributed by atoms with Crippen molar-refractivity contribution in [2.45, 2.75) is 50.9 Å². The molecule has 1 aliphatic carbocycles. The zero-order chi connectivity index (χ0) is 14.4. The van der Waals surface area contributed by atoms with Gasteiger partial charge in [0.25, 0.3) is 0 Å². The van der Waals surface area contributed by atoms with Crippen LogP contribution >= 0.6 is 15.9 Å². The Morgan fingerprint density at radius 2 is 1.80 bits per heavy atom. The third-order valence-electron chi connectivity index (χ3n) is 3.94. The zero-order valence-corrected chi connectivity index (χ0v) is 13.1. The van der Waals surface area contributed by atoms with E-state index in [1.165, 1.54) is 0 Å². The molecular weight excluding hydrogens is 322 g/mol. The summed E-state index contributed by atoms with van der Waals surface area (Å²) in [5, 5.41) is 0. The number of isocyanates is 1. The van der Waals surface area contributed by atoms with Crippen molar-refractivity contribution in [2.75, 3.05) is 0 Å². The summed E-state index contributed by atoms with van der Waals surface area (Å²) in [6.07, 6.45) is 5.61. The van der Waals surface area contributed by atoms with Crippen LogP contribution in [0.4, 0.5) is 0 Å². The molecule has 0 atom stereocenters. The molecule has 1 saturated carbocycles. The number of fused-ring (bicyclic) bond motifs is 1. The number of benzene rings is 1. The van der Waals surface area contributed by atoms with E-state index < -0.39 is 11.3 Å². The van der Waals surface area contributed by atoms with Gasteiger partial charge in [-0.15, -0.1) is 0 Å². The molecule has 3 rings (SSSR count). The topological polar surface area (TPSA) is 47.9 Å². The average Bonchev–Trinajstić information content (AvgIpc) is 2.92. The lowest BCUT2D eigenvalue weighted by atomic mass is 9.88. The fourth-order valence-corrected chi connectivity index (χ4v) is 3.78. The number of nitrogens with zero attached hydrogens (tertiary/aromatic N) is 1. The molecule has 2 aliphatic rings. The molecule has 0 radical (unpaired) electrons. The van der Waals surface area contributed by atoms with Gasteiger partial charge in [-0.1, -0.05) is 28.8 Å². The molecule has 106 valence electrons. The summed E-state index contributed by atoms with van der Waals surface area (Å²) in [7, 11) is 0. The molecule has 1 fully saturated rings. The molecule has 1 aromatic rings. The van der Waals surface area contributed by atoms with Crippen molar-refractivity contribution < 1.29 is 14.3 Å². The second kappa shape index (κ2) is 4.61. The SMILES string of the molecule is CC1(C)Oc2cc(Br)c(C3(N=C=O)CCCC3)cc2O1. The average molecular weight is 338 g/mol. The molecule has 4 nitrogen and oxygen atoms in total. The van der Waals surface area contributed by atoms with E-state index >= 15 is 0 Å². The first-order valence-corrected chi connectivity index (χ1v) is 7.56. The van der Waals surface area contributed by atoms with Crippen molar-refractivity contribution in [3.8, 4) is 11.5 Å². The van der Waals surface area contributed by atoms with E-state index in [2.05, 4.69) is 20.9 Å². The maximum atomic E-state index is 10.8. The van der Waals surface area contributed by atoms with E-state index in [1.807, 2.05) is 26.0 Å². The van der Waals surface area contributed by atoms with Crippen LogP contribution in [0.25, 0.3) is 0 Å². The highest BCUT2D eigenvalue weighted by Crippen LogP contribution is 2.50. The molecule has 1 heterocycles. The van der Waals surface area contributed by atoms with E-state index in [-0.39, 0.29) is 0 Å². The van der Waals surface area contributed by atoms with Crippen molar-refractivity contribution in [1.29, 1.82) is 0 Å². The van der Waals surface area contributed by atoms with Crippen molar-refractivity contribution in [3.63, 3.8) is 0 Å². The van der Waals surface area contributed by atoms with E-state index in [0.29, 0.717) is 11.5 Å². The highest BCUT2D eigenvalue weighted by atomic mass is 79.9. The first-order chi connectivity index (χ1) is 9.46. The van der Waals surface area contributed by atoms with E-state index in [9.17, 15) is 4.79 Å². The van der Waals surface area contributed by atoms with Gasteiger partial charge in [-0.05, 0) is 30.5 Å². The highest BCUT2D eigenvalue weighted by Gasteiger charge is 2.40. The van der Waals surface area contributed by atoms with Crippen molar-refractivity contribution in [1.82, 2.24) is 0 Å². The summed E-state index contributed by atoms with van der Waals surface area (Å²) in [6, 6.07) is 3.85. The number of carbonyl (C=O) groups excluding carboxylic acids is 1. The highest BCUT2D eigenvalue weighted by molar-refractivity contribution is 9.10. The van der Waals surface area contributed by atoms with Gasteiger partial charge in [0.1, 0.15) is 0 Å². The van der Waals surface area contributed by atoms with Gasteiger partial charge in [0.2, 0.25) is 11.9 Å². The molecule has 0 unspecified atom stereocenters. The van der Waals surface area contributed by atoms with E-state index in [0.717, 1.165) is 35.7 Å². The smallest absolute Gasteiger partial charge is 0.246 e. The second-order valence-corrected chi connectivity index (χ2v) is 6.68. The molecule has 0 aromatic heterocycles. The van der Waals surface area contributed by atoms with Gasteiger partial charge in [-0.25, -0.2) is 4.79 Å². The Morgan fingerprint density at radius 3 is 2.40 bits per heavy atom. The summed E-state index contributed by atoms with van der Waals surface area (Å²) in [5.41, 5.74) is 0.518. The predicted molar refractivity (Wildman–Crippen MR) is 77.7 cm³/mol. The second-order valence-electron chi connectivity index (χ2n) is 5.82. The van der Waals surface area contributed by atoms with Gasteiger partial charge >= 0.3 is 0 Å². The number of aliphatic imine (C=N–C) groups is 1. The minimum absolute atomic E-state index is 0.467. The summed E-state index contributed by atoms with van der Waals surface area (Å²) >= 11 is 3.58. The predicted octanol–water partition coefficient (Wildman–Crippen LogP) is 4.06. The Bertz CT molecular complexity index is 599. The molecule has 0 N–H and O–H groups in total. The van der Waals surface area contributed by atoms with Crippen molar-refractivity contribution in [3.05, 3.63) is 22.2 Å². The van der Waals surface area contributed by atoms with Crippen LogP contribution in [-0.2, 0) is 10.3 Å². The maximum absolute atomic E-state index is 10.8. The molecule has 0 spiro atoms. The molecule has 1 aromatic carbocycles. The summed E-state index contributed by atoms with van der Waals surface area (Å²) in [4.78, 5) is 14.9. The molecule has 0 amide bonds. The van der Waals surface area contributed by atoms with Gasteiger partial charge in [-0.3, -0.25) is 0 Å². The first-order valence-electron chi connectivity index (χ1n) is 6.77. The number of hydrogen-bond acceptors (Lipinski definition) is 4. The Balaban J connectivity index is 2.10. The van der Waals surface area contributed by atoms with Gasteiger partial charge in [-0.2, -0.15) is 4.99 Å². The largest absolute Gasteiger partial charge is 0.449 e. The Hall–Kier alpha value is -1.32. The van der Waals surface area contributed by atoms with Gasteiger partial charge in [0, 0.05) is 18.3 Å². The number of halogens is 1. The van der Waals surface area contributed by atoms with Crippen LogP contribution in [-0.4, -0.2) is 11.9 Å². The van der Waals surface area contributed by atoms with Crippen LogP contribution in [0.5, 0.6) is 11.5 Å². The third-order valence-corrected chi connectivity index (χ3v) is 4.59. The monoisotopic (exact) mass is 337 g/mol. The summed E-state index contributed by atoms with van der Waals surface area (Å²) in [5.74, 6) is 0.770.